The smallest absolute Gasteiger partial charge is 0.360 e. The van der Waals surface area contributed by atoms with Crippen LogP contribution >= 0.6 is 0 Å². The molecule has 0 aliphatic heterocycles. The molecule has 0 amide bonds. The van der Waals surface area contributed by atoms with Crippen molar-refractivity contribution in [1.82, 2.24) is 10.1 Å². The Kier molecular flexibility index (Phi) is 3.57. The molecule has 2 rings (SSSR count). The van der Waals surface area contributed by atoms with Crippen molar-refractivity contribution in [3.8, 4) is 5.75 Å². The maximum absolute atomic E-state index is 11.5. The number of ether oxygens (including phenoxy) is 2. The largest absolute Gasteiger partial charge is 0.485 e. The van der Waals surface area contributed by atoms with Gasteiger partial charge in [0, 0.05) is 12.3 Å². The van der Waals surface area contributed by atoms with Crippen LogP contribution in [-0.2, 0) is 11.3 Å². The molecule has 0 saturated carbocycles. The zero-order chi connectivity index (χ0) is 13.0. The summed E-state index contributed by atoms with van der Waals surface area (Å²) in [5.74, 6) is 0.514. The van der Waals surface area contributed by atoms with Crippen molar-refractivity contribution in [3.63, 3.8) is 0 Å². The number of carbonyl (C=O) groups is 1. The molecule has 2 heterocycles. The molecule has 0 spiro atoms. The summed E-state index contributed by atoms with van der Waals surface area (Å²) in [4.78, 5) is 15.4. The van der Waals surface area contributed by atoms with Crippen LogP contribution in [0.2, 0.25) is 0 Å². The highest BCUT2D eigenvalue weighted by atomic mass is 16.5. The minimum absolute atomic E-state index is 0.139. The summed E-state index contributed by atoms with van der Waals surface area (Å²) >= 11 is 0. The molecule has 6 heteroatoms. The molecule has 0 unspecified atom stereocenters. The van der Waals surface area contributed by atoms with E-state index in [9.17, 15) is 4.79 Å². The van der Waals surface area contributed by atoms with Crippen molar-refractivity contribution in [1.29, 1.82) is 0 Å². The van der Waals surface area contributed by atoms with E-state index in [4.69, 9.17) is 9.26 Å². The first kappa shape index (κ1) is 12.1. The second-order valence-electron chi connectivity index (χ2n) is 3.56. The fraction of sp³-hybridized carbons (Fsp3) is 0.250. The first-order valence-electron chi connectivity index (χ1n) is 5.29. The van der Waals surface area contributed by atoms with Crippen molar-refractivity contribution >= 4 is 5.97 Å². The fourth-order valence-corrected chi connectivity index (χ4v) is 1.39. The van der Waals surface area contributed by atoms with Gasteiger partial charge in [-0.25, -0.2) is 9.78 Å². The summed E-state index contributed by atoms with van der Waals surface area (Å²) < 4.78 is 15.0. The highest BCUT2D eigenvalue weighted by Crippen LogP contribution is 2.17. The van der Waals surface area contributed by atoms with Gasteiger partial charge in [-0.05, 0) is 19.1 Å². The van der Waals surface area contributed by atoms with Gasteiger partial charge in [-0.2, -0.15) is 0 Å². The van der Waals surface area contributed by atoms with Crippen molar-refractivity contribution in [2.75, 3.05) is 7.11 Å². The quantitative estimate of drug-likeness (QED) is 0.767. The Bertz CT molecular complexity index is 551. The van der Waals surface area contributed by atoms with Crippen LogP contribution in [0.15, 0.2) is 28.9 Å². The predicted octanol–water partition coefficient (Wildman–Crippen LogP) is 1.74. The number of methoxy groups -OCH3 is 1. The molecular formula is C12H12N2O4. The number of aromatic nitrogens is 2. The molecule has 0 N–H and O–H groups in total. The maximum atomic E-state index is 11.5. The van der Waals surface area contributed by atoms with Gasteiger partial charge in [0.1, 0.15) is 18.1 Å². The van der Waals surface area contributed by atoms with Crippen LogP contribution < -0.4 is 4.74 Å². The molecule has 6 nitrogen and oxygen atoms in total. The summed E-state index contributed by atoms with van der Waals surface area (Å²) in [5, 5.41) is 3.79. The molecule has 2 aromatic rings. The Hall–Kier alpha value is -2.37. The Morgan fingerprint density at radius 3 is 3.00 bits per heavy atom. The Labute approximate surface area is 104 Å². The van der Waals surface area contributed by atoms with Gasteiger partial charge in [-0.3, -0.25) is 0 Å². The number of hydrogen-bond donors (Lipinski definition) is 0. The molecule has 0 aliphatic rings. The second-order valence-corrected chi connectivity index (χ2v) is 3.56. The number of nitrogens with zero attached hydrogens (tertiary/aromatic N) is 2. The summed E-state index contributed by atoms with van der Waals surface area (Å²) in [6, 6.07) is 5.08. The van der Waals surface area contributed by atoms with Gasteiger partial charge in [0.25, 0.3) is 0 Å². The van der Waals surface area contributed by atoms with Crippen molar-refractivity contribution in [2.24, 2.45) is 0 Å². The van der Waals surface area contributed by atoms with Crippen molar-refractivity contribution in [2.45, 2.75) is 13.5 Å². The first-order chi connectivity index (χ1) is 8.70. The number of hydrogen-bond acceptors (Lipinski definition) is 6. The summed E-state index contributed by atoms with van der Waals surface area (Å²) in [5.41, 5.74) is 0.785. The monoisotopic (exact) mass is 248 g/mol. The molecule has 0 aromatic carbocycles. The van der Waals surface area contributed by atoms with E-state index in [1.54, 1.807) is 25.1 Å². The van der Waals surface area contributed by atoms with Crippen LogP contribution in [0.5, 0.6) is 5.75 Å². The van der Waals surface area contributed by atoms with Crippen LogP contribution in [0.4, 0.5) is 0 Å². The normalized spacial score (nSPS) is 10.1. The topological polar surface area (TPSA) is 74.5 Å². The molecule has 0 radical (unpaired) electrons. The Morgan fingerprint density at radius 2 is 2.33 bits per heavy atom. The zero-order valence-corrected chi connectivity index (χ0v) is 10.0. The van der Waals surface area contributed by atoms with E-state index < -0.39 is 5.97 Å². The predicted molar refractivity (Wildman–Crippen MR) is 61.1 cm³/mol. The Morgan fingerprint density at radius 1 is 1.50 bits per heavy atom. The van der Waals surface area contributed by atoms with Gasteiger partial charge in [0.2, 0.25) is 0 Å². The third-order valence-electron chi connectivity index (χ3n) is 2.20. The molecule has 0 saturated heterocycles. The first-order valence-corrected chi connectivity index (χ1v) is 5.29. The average molecular weight is 248 g/mol. The number of aryl methyl sites for hydroxylation is 1. The van der Waals surface area contributed by atoms with E-state index in [1.807, 2.05) is 0 Å². The lowest BCUT2D eigenvalue weighted by Crippen LogP contribution is -2.08. The fourth-order valence-electron chi connectivity index (χ4n) is 1.39. The third-order valence-corrected chi connectivity index (χ3v) is 2.20. The number of rotatable bonds is 4. The number of carbonyl (C=O) groups excluding carboxylic acids is 1. The van der Waals surface area contributed by atoms with E-state index in [2.05, 4.69) is 14.9 Å². The van der Waals surface area contributed by atoms with Crippen LogP contribution in [0, 0.1) is 6.92 Å². The van der Waals surface area contributed by atoms with E-state index in [0.717, 1.165) is 0 Å². The zero-order valence-electron chi connectivity index (χ0n) is 10.0. The molecule has 0 aliphatic carbocycles. The van der Waals surface area contributed by atoms with Gasteiger partial charge >= 0.3 is 5.97 Å². The van der Waals surface area contributed by atoms with Gasteiger partial charge in [-0.1, -0.05) is 5.16 Å². The maximum Gasteiger partial charge on any atom is 0.360 e. The van der Waals surface area contributed by atoms with E-state index in [0.29, 0.717) is 17.2 Å². The van der Waals surface area contributed by atoms with Crippen LogP contribution in [0.1, 0.15) is 21.9 Å². The minimum Gasteiger partial charge on any atom is -0.485 e. The SMILES string of the molecule is COC(=O)c1ncccc1OCc1cc(C)on1. The Balaban J connectivity index is 2.11. The van der Waals surface area contributed by atoms with E-state index in [1.165, 1.54) is 13.3 Å². The minimum atomic E-state index is -0.540. The van der Waals surface area contributed by atoms with E-state index in [-0.39, 0.29) is 12.3 Å². The third kappa shape index (κ3) is 2.65. The van der Waals surface area contributed by atoms with E-state index >= 15 is 0 Å². The van der Waals surface area contributed by atoms with Crippen LogP contribution in [-0.4, -0.2) is 23.2 Å². The molecule has 2 aromatic heterocycles. The second kappa shape index (κ2) is 5.31. The molecule has 94 valence electrons. The molecule has 0 atom stereocenters. The van der Waals surface area contributed by atoms with Gasteiger partial charge in [-0.15, -0.1) is 0 Å². The van der Waals surface area contributed by atoms with Crippen LogP contribution in [0.3, 0.4) is 0 Å². The summed E-state index contributed by atoms with van der Waals surface area (Å²) in [6.07, 6.45) is 1.50. The molecule has 0 fully saturated rings. The summed E-state index contributed by atoms with van der Waals surface area (Å²) in [6.45, 7) is 1.99. The highest BCUT2D eigenvalue weighted by Gasteiger charge is 2.14. The standard InChI is InChI=1S/C12H12N2O4/c1-8-6-9(14-18-8)7-17-10-4-3-5-13-11(10)12(15)16-2/h3-6H,7H2,1-2H3. The number of pyridine rings is 1. The number of esters is 1. The van der Waals surface area contributed by atoms with Gasteiger partial charge in [0.05, 0.1) is 7.11 Å². The lowest BCUT2D eigenvalue weighted by Gasteiger charge is -2.07. The van der Waals surface area contributed by atoms with Crippen molar-refractivity contribution in [3.05, 3.63) is 41.5 Å². The van der Waals surface area contributed by atoms with Gasteiger partial charge < -0.3 is 14.0 Å². The summed E-state index contributed by atoms with van der Waals surface area (Å²) in [7, 11) is 1.29. The van der Waals surface area contributed by atoms with Crippen molar-refractivity contribution < 1.29 is 18.8 Å². The average Bonchev–Trinajstić information content (AvgIpc) is 2.81. The molecule has 0 bridgehead atoms. The lowest BCUT2D eigenvalue weighted by atomic mass is 10.3. The molecular weight excluding hydrogens is 236 g/mol. The van der Waals surface area contributed by atoms with Gasteiger partial charge in [0.15, 0.2) is 11.4 Å². The molecule has 18 heavy (non-hydrogen) atoms. The van der Waals surface area contributed by atoms with Crippen LogP contribution in [0.25, 0.3) is 0 Å². The lowest BCUT2D eigenvalue weighted by molar-refractivity contribution is 0.0588. The highest BCUT2D eigenvalue weighted by molar-refractivity contribution is 5.90.